The Hall–Kier alpha value is -0.900. The lowest BCUT2D eigenvalue weighted by atomic mass is 10.2. The van der Waals surface area contributed by atoms with Gasteiger partial charge in [0.15, 0.2) is 0 Å². The summed E-state index contributed by atoms with van der Waals surface area (Å²) in [7, 11) is 0. The lowest BCUT2D eigenvalue weighted by Gasteiger charge is -1.98. The summed E-state index contributed by atoms with van der Waals surface area (Å²) in [5.74, 6) is 0. The zero-order chi connectivity index (χ0) is 11.4. The standard InChI is InChI=1S/C12H12ClNOS/c13-10-3-1-2-9(6-10)7-12-14-8-11(16-12)4-5-15/h1-3,6,8,15H,4-5,7H2. The molecule has 2 nitrogen and oxygen atoms in total. The Kier molecular flexibility index (Phi) is 3.93. The van der Waals surface area contributed by atoms with Crippen molar-refractivity contribution in [3.63, 3.8) is 0 Å². The second-order valence-corrected chi connectivity index (χ2v) is 5.14. The fraction of sp³-hybridized carbons (Fsp3) is 0.250. The first kappa shape index (κ1) is 11.6. The SMILES string of the molecule is OCCc1cnc(Cc2cccc(Cl)c2)s1. The molecule has 0 spiro atoms. The highest BCUT2D eigenvalue weighted by Gasteiger charge is 2.03. The van der Waals surface area contributed by atoms with E-state index < -0.39 is 0 Å². The number of thiazole rings is 1. The molecule has 0 unspecified atom stereocenters. The molecule has 1 aromatic heterocycles. The quantitative estimate of drug-likeness (QED) is 0.909. The van der Waals surface area contributed by atoms with Crippen LogP contribution in [0.1, 0.15) is 15.4 Å². The molecule has 1 heterocycles. The van der Waals surface area contributed by atoms with Crippen molar-refractivity contribution in [3.05, 3.63) is 50.9 Å². The normalized spacial score (nSPS) is 10.6. The van der Waals surface area contributed by atoms with Crippen LogP contribution >= 0.6 is 22.9 Å². The zero-order valence-corrected chi connectivity index (χ0v) is 10.3. The fourth-order valence-electron chi connectivity index (χ4n) is 1.48. The first-order chi connectivity index (χ1) is 7.78. The van der Waals surface area contributed by atoms with Crippen LogP contribution in [0.3, 0.4) is 0 Å². The second kappa shape index (κ2) is 5.43. The molecule has 2 aromatic rings. The van der Waals surface area contributed by atoms with Crippen molar-refractivity contribution in [2.24, 2.45) is 0 Å². The molecule has 0 aliphatic carbocycles. The number of hydrogen-bond donors (Lipinski definition) is 1. The minimum Gasteiger partial charge on any atom is -0.396 e. The summed E-state index contributed by atoms with van der Waals surface area (Å²) in [6.07, 6.45) is 3.32. The third-order valence-corrected chi connectivity index (χ3v) is 3.50. The largest absolute Gasteiger partial charge is 0.396 e. The van der Waals surface area contributed by atoms with Crippen LogP contribution in [0.15, 0.2) is 30.5 Å². The van der Waals surface area contributed by atoms with E-state index in [9.17, 15) is 0 Å². The summed E-state index contributed by atoms with van der Waals surface area (Å²) in [6.45, 7) is 0.179. The van der Waals surface area contributed by atoms with E-state index in [2.05, 4.69) is 4.98 Å². The van der Waals surface area contributed by atoms with Crippen LogP contribution in [-0.2, 0) is 12.8 Å². The molecular formula is C12H12ClNOS. The number of aliphatic hydroxyl groups is 1. The monoisotopic (exact) mass is 253 g/mol. The van der Waals surface area contributed by atoms with Gasteiger partial charge in [-0.25, -0.2) is 4.98 Å². The zero-order valence-electron chi connectivity index (χ0n) is 8.69. The van der Waals surface area contributed by atoms with Crippen LogP contribution in [-0.4, -0.2) is 16.7 Å². The van der Waals surface area contributed by atoms with Crippen molar-refractivity contribution in [2.75, 3.05) is 6.61 Å². The Morgan fingerprint density at radius 2 is 2.25 bits per heavy atom. The van der Waals surface area contributed by atoms with Crippen LogP contribution < -0.4 is 0 Å². The topological polar surface area (TPSA) is 33.1 Å². The van der Waals surface area contributed by atoms with Gasteiger partial charge in [0.05, 0.1) is 5.01 Å². The summed E-state index contributed by atoms with van der Waals surface area (Å²) in [5, 5.41) is 10.6. The van der Waals surface area contributed by atoms with Crippen molar-refractivity contribution in [2.45, 2.75) is 12.8 Å². The summed E-state index contributed by atoms with van der Waals surface area (Å²) < 4.78 is 0. The van der Waals surface area contributed by atoms with Crippen LogP contribution in [0.4, 0.5) is 0 Å². The Labute approximate surface area is 104 Å². The van der Waals surface area contributed by atoms with Gasteiger partial charge in [-0.05, 0) is 17.7 Å². The molecule has 0 bridgehead atoms. The maximum atomic E-state index is 8.82. The van der Waals surface area contributed by atoms with Gasteiger partial charge < -0.3 is 5.11 Å². The summed E-state index contributed by atoms with van der Waals surface area (Å²) >= 11 is 7.56. The number of halogens is 1. The molecule has 84 valence electrons. The van der Waals surface area contributed by atoms with Crippen LogP contribution in [0, 0.1) is 0 Å². The average Bonchev–Trinajstić information content (AvgIpc) is 2.66. The fourth-order valence-corrected chi connectivity index (χ4v) is 2.64. The summed E-state index contributed by atoms with van der Waals surface area (Å²) in [6, 6.07) is 7.80. The molecule has 0 aliphatic rings. The number of nitrogens with zero attached hydrogens (tertiary/aromatic N) is 1. The molecule has 2 rings (SSSR count). The predicted octanol–water partition coefficient (Wildman–Crippen LogP) is 2.92. The van der Waals surface area contributed by atoms with Gasteiger partial charge >= 0.3 is 0 Å². The minimum atomic E-state index is 0.179. The number of aromatic nitrogens is 1. The Morgan fingerprint density at radius 3 is 3.00 bits per heavy atom. The molecule has 0 aliphatic heterocycles. The van der Waals surface area contributed by atoms with Crippen LogP contribution in [0.25, 0.3) is 0 Å². The van der Waals surface area contributed by atoms with E-state index in [4.69, 9.17) is 16.7 Å². The highest BCUT2D eigenvalue weighted by atomic mass is 35.5. The van der Waals surface area contributed by atoms with E-state index >= 15 is 0 Å². The van der Waals surface area contributed by atoms with Crippen LogP contribution in [0.2, 0.25) is 5.02 Å². The Bertz CT molecular complexity index is 470. The lowest BCUT2D eigenvalue weighted by molar-refractivity contribution is 0.300. The molecule has 0 radical (unpaired) electrons. The third-order valence-electron chi connectivity index (χ3n) is 2.20. The van der Waals surface area contributed by atoms with Crippen molar-refractivity contribution in [1.82, 2.24) is 4.98 Å². The van der Waals surface area contributed by atoms with Gasteiger partial charge in [0, 0.05) is 35.5 Å². The molecular weight excluding hydrogens is 242 g/mol. The van der Waals surface area contributed by atoms with Crippen molar-refractivity contribution < 1.29 is 5.11 Å². The second-order valence-electron chi connectivity index (χ2n) is 3.50. The third kappa shape index (κ3) is 3.04. The summed E-state index contributed by atoms with van der Waals surface area (Å²) in [5.41, 5.74) is 1.16. The molecule has 0 saturated carbocycles. The Balaban J connectivity index is 2.08. The van der Waals surface area contributed by atoms with E-state index in [1.807, 2.05) is 30.5 Å². The molecule has 1 aromatic carbocycles. The number of aliphatic hydroxyl groups excluding tert-OH is 1. The van der Waals surface area contributed by atoms with E-state index in [1.54, 1.807) is 11.3 Å². The maximum absolute atomic E-state index is 8.82. The highest BCUT2D eigenvalue weighted by molar-refractivity contribution is 7.11. The van der Waals surface area contributed by atoms with Crippen LogP contribution in [0.5, 0.6) is 0 Å². The smallest absolute Gasteiger partial charge is 0.0971 e. The Morgan fingerprint density at radius 1 is 1.38 bits per heavy atom. The number of rotatable bonds is 4. The van der Waals surface area contributed by atoms with Gasteiger partial charge in [0.1, 0.15) is 0 Å². The van der Waals surface area contributed by atoms with Gasteiger partial charge in [0.2, 0.25) is 0 Å². The average molecular weight is 254 g/mol. The maximum Gasteiger partial charge on any atom is 0.0971 e. The first-order valence-corrected chi connectivity index (χ1v) is 6.26. The predicted molar refractivity (Wildman–Crippen MR) is 67.2 cm³/mol. The van der Waals surface area contributed by atoms with E-state index in [-0.39, 0.29) is 6.61 Å². The molecule has 0 saturated heterocycles. The lowest BCUT2D eigenvalue weighted by Crippen LogP contribution is -1.86. The molecule has 0 fully saturated rings. The van der Waals surface area contributed by atoms with E-state index in [0.29, 0.717) is 6.42 Å². The molecule has 0 atom stereocenters. The number of hydrogen-bond acceptors (Lipinski definition) is 3. The van der Waals surface area contributed by atoms with Gasteiger partial charge in [-0.1, -0.05) is 23.7 Å². The molecule has 0 amide bonds. The van der Waals surface area contributed by atoms with Crippen molar-refractivity contribution in [3.8, 4) is 0 Å². The molecule has 16 heavy (non-hydrogen) atoms. The molecule has 4 heteroatoms. The van der Waals surface area contributed by atoms with Crippen molar-refractivity contribution in [1.29, 1.82) is 0 Å². The van der Waals surface area contributed by atoms with E-state index in [1.165, 1.54) is 0 Å². The number of benzene rings is 1. The summed E-state index contributed by atoms with van der Waals surface area (Å²) in [4.78, 5) is 5.45. The van der Waals surface area contributed by atoms with Gasteiger partial charge in [-0.2, -0.15) is 0 Å². The van der Waals surface area contributed by atoms with Gasteiger partial charge in [-0.15, -0.1) is 11.3 Å². The highest BCUT2D eigenvalue weighted by Crippen LogP contribution is 2.19. The first-order valence-electron chi connectivity index (χ1n) is 5.07. The van der Waals surface area contributed by atoms with Gasteiger partial charge in [0.25, 0.3) is 0 Å². The van der Waals surface area contributed by atoms with Crippen molar-refractivity contribution >= 4 is 22.9 Å². The molecule has 1 N–H and O–H groups in total. The minimum absolute atomic E-state index is 0.179. The van der Waals surface area contributed by atoms with Gasteiger partial charge in [-0.3, -0.25) is 0 Å². The van der Waals surface area contributed by atoms with E-state index in [0.717, 1.165) is 26.9 Å².